The maximum atomic E-state index is 13.1. The Bertz CT molecular complexity index is 1230. The second-order valence-corrected chi connectivity index (χ2v) is 9.79. The number of halogens is 4. The zero-order valence-electron chi connectivity index (χ0n) is 17.7. The van der Waals surface area contributed by atoms with Crippen LogP contribution in [0, 0.1) is 23.6 Å². The van der Waals surface area contributed by atoms with Gasteiger partial charge in [0.2, 0.25) is 0 Å². The van der Waals surface area contributed by atoms with Crippen molar-refractivity contribution in [3.63, 3.8) is 0 Å². The number of alkyl halides is 3. The third-order valence-corrected chi connectivity index (χ3v) is 7.07. The number of carbonyl (C=O) groups excluding carboxylic acids is 2. The topological polar surface area (TPSA) is 83.6 Å². The van der Waals surface area contributed by atoms with Gasteiger partial charge in [-0.2, -0.15) is 13.2 Å². The van der Waals surface area contributed by atoms with Crippen molar-refractivity contribution in [2.45, 2.75) is 17.5 Å². The van der Waals surface area contributed by atoms with E-state index in [2.05, 4.69) is 11.8 Å². The van der Waals surface area contributed by atoms with Gasteiger partial charge in [-0.05, 0) is 48.7 Å². The van der Waals surface area contributed by atoms with Crippen molar-refractivity contribution >= 4 is 22.2 Å². The van der Waals surface area contributed by atoms with E-state index >= 15 is 0 Å². The Morgan fingerprint density at radius 2 is 1.85 bits per heavy atom. The summed E-state index contributed by atoms with van der Waals surface area (Å²) in [5.74, 6) is 4.19. The molecule has 0 saturated carbocycles. The molecule has 180 valence electrons. The molecule has 1 atom stereocenters. The van der Waals surface area contributed by atoms with Crippen LogP contribution < -0.4 is 5.32 Å². The molecule has 2 amide bonds. The predicted octanol–water partition coefficient (Wildman–Crippen LogP) is 3.41. The van der Waals surface area contributed by atoms with Crippen molar-refractivity contribution in [2.24, 2.45) is 5.92 Å². The van der Waals surface area contributed by atoms with Crippen LogP contribution in [0.3, 0.4) is 0 Å². The highest BCUT2D eigenvalue weighted by Crippen LogP contribution is 2.25. The van der Waals surface area contributed by atoms with Gasteiger partial charge in [0.1, 0.15) is 18.6 Å². The molecule has 1 aliphatic rings. The van der Waals surface area contributed by atoms with Crippen molar-refractivity contribution in [3.8, 4) is 11.8 Å². The fourth-order valence-electron chi connectivity index (χ4n) is 3.50. The molecule has 0 aliphatic carbocycles. The average molecular weight is 496 g/mol. The van der Waals surface area contributed by atoms with E-state index in [1.165, 1.54) is 42.5 Å². The van der Waals surface area contributed by atoms with Crippen molar-refractivity contribution in [3.05, 3.63) is 65.0 Å². The van der Waals surface area contributed by atoms with Gasteiger partial charge in [-0.1, -0.05) is 17.9 Å². The first-order valence-corrected chi connectivity index (χ1v) is 11.8. The Labute approximate surface area is 193 Å². The largest absolute Gasteiger partial charge is 0.405 e. The number of urea groups is 1. The van der Waals surface area contributed by atoms with E-state index in [-0.39, 0.29) is 34.9 Å². The lowest BCUT2D eigenvalue weighted by Crippen LogP contribution is -2.42. The fourth-order valence-corrected chi connectivity index (χ4v) is 5.30. The maximum absolute atomic E-state index is 13.1. The van der Waals surface area contributed by atoms with Gasteiger partial charge in [-0.15, -0.1) is 0 Å². The molecule has 1 saturated heterocycles. The first-order valence-electron chi connectivity index (χ1n) is 10.2. The molecule has 6 nitrogen and oxygen atoms in total. The summed E-state index contributed by atoms with van der Waals surface area (Å²) in [4.78, 5) is 24.1. The number of rotatable bonds is 5. The standard InChI is InChI=1S/C23H20F4N2O4S/c24-20-6-2-16(3-7-20)1-5-19-11-17(13-30)4-8-21(19)34(32,33)14-18-9-10-29(12-18)22(31)28-15-23(25,26)27/h2-4,6-8,11,13,18H,9-10,12,14-15H2,(H,28,31). The number of carbonyl (C=O) groups is 2. The molecule has 1 unspecified atom stereocenters. The molecule has 1 aliphatic heterocycles. The van der Waals surface area contributed by atoms with Crippen LogP contribution in [-0.2, 0) is 9.84 Å². The summed E-state index contributed by atoms with van der Waals surface area (Å²) in [6, 6.07) is 8.32. The Kier molecular flexibility index (Phi) is 7.61. The molecule has 1 N–H and O–H groups in total. The SMILES string of the molecule is O=Cc1ccc(S(=O)(=O)CC2CCN(C(=O)NCC(F)(F)F)C2)c(C#Cc2ccc(F)cc2)c1. The summed E-state index contributed by atoms with van der Waals surface area (Å²) in [5.41, 5.74) is 0.750. The van der Waals surface area contributed by atoms with Crippen molar-refractivity contribution in [1.82, 2.24) is 10.2 Å². The number of hydrogen-bond acceptors (Lipinski definition) is 4. The highest BCUT2D eigenvalue weighted by Gasteiger charge is 2.33. The number of amides is 2. The highest BCUT2D eigenvalue weighted by atomic mass is 32.2. The molecule has 0 bridgehead atoms. The molecule has 0 aromatic heterocycles. The minimum atomic E-state index is -4.54. The number of nitrogens with one attached hydrogen (secondary N) is 1. The van der Waals surface area contributed by atoms with Gasteiger partial charge in [-0.3, -0.25) is 4.79 Å². The molecule has 0 radical (unpaired) electrons. The van der Waals surface area contributed by atoms with Gasteiger partial charge in [0, 0.05) is 29.8 Å². The Hall–Kier alpha value is -3.39. The van der Waals surface area contributed by atoms with E-state index in [1.807, 2.05) is 0 Å². The Morgan fingerprint density at radius 3 is 2.50 bits per heavy atom. The molecular weight excluding hydrogens is 476 g/mol. The van der Waals surface area contributed by atoms with Crippen LogP contribution in [0.25, 0.3) is 0 Å². The first kappa shape index (κ1) is 25.2. The van der Waals surface area contributed by atoms with Crippen molar-refractivity contribution in [1.29, 1.82) is 0 Å². The summed E-state index contributed by atoms with van der Waals surface area (Å²) in [6.07, 6.45) is -3.69. The number of likely N-dealkylation sites (tertiary alicyclic amines) is 1. The normalized spacial score (nSPS) is 16.0. The minimum absolute atomic E-state index is 0.00800. The van der Waals surface area contributed by atoms with Gasteiger partial charge in [0.05, 0.1) is 10.6 Å². The van der Waals surface area contributed by atoms with Gasteiger partial charge < -0.3 is 10.2 Å². The van der Waals surface area contributed by atoms with Crippen LogP contribution >= 0.6 is 0 Å². The smallest absolute Gasteiger partial charge is 0.329 e. The van der Waals surface area contributed by atoms with Crippen LogP contribution in [0.1, 0.15) is 27.9 Å². The number of nitrogens with zero attached hydrogens (tertiary/aromatic N) is 1. The summed E-state index contributed by atoms with van der Waals surface area (Å²) in [5, 5.41) is 1.77. The van der Waals surface area contributed by atoms with Crippen LogP contribution in [-0.4, -0.2) is 57.2 Å². The summed E-state index contributed by atoms with van der Waals surface area (Å²) in [7, 11) is -3.91. The van der Waals surface area contributed by atoms with Gasteiger partial charge in [0.15, 0.2) is 9.84 Å². The Morgan fingerprint density at radius 1 is 1.15 bits per heavy atom. The molecular formula is C23H20F4N2O4S. The van der Waals surface area contributed by atoms with E-state index < -0.39 is 40.3 Å². The minimum Gasteiger partial charge on any atom is -0.329 e. The lowest BCUT2D eigenvalue weighted by molar-refractivity contribution is -0.123. The first-order chi connectivity index (χ1) is 16.0. The molecule has 1 heterocycles. The predicted molar refractivity (Wildman–Crippen MR) is 115 cm³/mol. The zero-order valence-corrected chi connectivity index (χ0v) is 18.5. The van der Waals surface area contributed by atoms with E-state index in [0.29, 0.717) is 18.3 Å². The molecule has 2 aromatic rings. The quantitative estimate of drug-likeness (QED) is 0.391. The molecule has 1 fully saturated rings. The second-order valence-electron chi connectivity index (χ2n) is 7.79. The monoisotopic (exact) mass is 496 g/mol. The van der Waals surface area contributed by atoms with Gasteiger partial charge in [0.25, 0.3) is 0 Å². The maximum Gasteiger partial charge on any atom is 0.405 e. The van der Waals surface area contributed by atoms with Gasteiger partial charge >= 0.3 is 12.2 Å². The van der Waals surface area contributed by atoms with E-state index in [1.54, 1.807) is 5.32 Å². The molecule has 11 heteroatoms. The van der Waals surface area contributed by atoms with Crippen molar-refractivity contribution in [2.75, 3.05) is 25.4 Å². The van der Waals surface area contributed by atoms with Crippen LogP contribution in [0.4, 0.5) is 22.4 Å². The molecule has 2 aromatic carbocycles. The van der Waals surface area contributed by atoms with Crippen LogP contribution in [0.15, 0.2) is 47.4 Å². The molecule has 0 spiro atoms. The number of aldehydes is 1. The van der Waals surface area contributed by atoms with Crippen molar-refractivity contribution < 1.29 is 35.6 Å². The zero-order chi connectivity index (χ0) is 24.9. The third-order valence-electron chi connectivity index (χ3n) is 5.13. The number of hydrogen-bond donors (Lipinski definition) is 1. The molecule has 3 rings (SSSR count). The molecule has 34 heavy (non-hydrogen) atoms. The van der Waals surface area contributed by atoms with E-state index in [9.17, 15) is 35.6 Å². The average Bonchev–Trinajstić information content (AvgIpc) is 3.24. The van der Waals surface area contributed by atoms with Crippen LogP contribution in [0.5, 0.6) is 0 Å². The van der Waals surface area contributed by atoms with E-state index in [4.69, 9.17) is 0 Å². The fraction of sp³-hybridized carbons (Fsp3) is 0.304. The number of benzene rings is 2. The summed E-state index contributed by atoms with van der Waals surface area (Å²) in [6.45, 7) is -1.35. The lowest BCUT2D eigenvalue weighted by Gasteiger charge is -2.18. The lowest BCUT2D eigenvalue weighted by atomic mass is 10.1. The summed E-state index contributed by atoms with van der Waals surface area (Å²) >= 11 is 0. The highest BCUT2D eigenvalue weighted by molar-refractivity contribution is 7.91. The second kappa shape index (κ2) is 10.3. The summed E-state index contributed by atoms with van der Waals surface area (Å²) < 4.78 is 76.3. The Balaban J connectivity index is 1.77. The third kappa shape index (κ3) is 6.81. The number of sulfone groups is 1. The van der Waals surface area contributed by atoms with Crippen LogP contribution in [0.2, 0.25) is 0 Å². The van der Waals surface area contributed by atoms with E-state index in [0.717, 1.165) is 4.90 Å². The van der Waals surface area contributed by atoms with Gasteiger partial charge in [-0.25, -0.2) is 17.6 Å².